The van der Waals surface area contributed by atoms with Crippen LogP contribution >= 0.6 is 0 Å². The highest BCUT2D eigenvalue weighted by Crippen LogP contribution is 2.33. The maximum absolute atomic E-state index is 13.5. The van der Waals surface area contributed by atoms with Gasteiger partial charge in [-0.3, -0.25) is 14.6 Å². The zero-order valence-electron chi connectivity index (χ0n) is 17.6. The van der Waals surface area contributed by atoms with Crippen molar-refractivity contribution < 1.29 is 19.1 Å². The maximum atomic E-state index is 13.5. The van der Waals surface area contributed by atoms with Crippen LogP contribution in [0.4, 0.5) is 0 Å². The first-order valence-corrected chi connectivity index (χ1v) is 9.75. The minimum Gasteiger partial charge on any atom is -0.464 e. The lowest BCUT2D eigenvalue weighted by atomic mass is 9.99. The summed E-state index contributed by atoms with van der Waals surface area (Å²) in [6.45, 7) is 5.65. The molecule has 0 aromatic carbocycles. The number of rotatable bonds is 7. The van der Waals surface area contributed by atoms with Gasteiger partial charge in [-0.25, -0.2) is 4.79 Å². The van der Waals surface area contributed by atoms with Crippen molar-refractivity contribution in [2.24, 2.45) is 13.0 Å². The maximum Gasteiger partial charge on any atom is 0.354 e. The molecular weight excluding hydrogens is 370 g/mol. The molecule has 0 spiro atoms. The normalized spacial score (nSPS) is 14.4. The summed E-state index contributed by atoms with van der Waals surface area (Å²) in [7, 11) is 3.05. The molecule has 154 valence electrons. The number of carbonyl (C=O) groups is 3. The lowest BCUT2D eigenvalue weighted by Gasteiger charge is -2.29. The van der Waals surface area contributed by atoms with Gasteiger partial charge in [-0.05, 0) is 56.9 Å². The minimum absolute atomic E-state index is 0.00194. The molecule has 0 saturated heterocycles. The number of amides is 1. The van der Waals surface area contributed by atoms with E-state index in [1.54, 1.807) is 49.7 Å². The number of hydrogen-bond donors (Lipinski definition) is 0. The monoisotopic (exact) mass is 397 g/mol. The van der Waals surface area contributed by atoms with E-state index in [-0.39, 0.29) is 17.6 Å². The molecule has 1 amide bonds. The van der Waals surface area contributed by atoms with Crippen molar-refractivity contribution in [1.29, 1.82) is 0 Å². The van der Waals surface area contributed by atoms with Crippen molar-refractivity contribution in [1.82, 2.24) is 14.5 Å². The average molecular weight is 397 g/mol. The van der Waals surface area contributed by atoms with Crippen LogP contribution < -0.4 is 0 Å². The van der Waals surface area contributed by atoms with Crippen molar-refractivity contribution in [2.45, 2.75) is 46.2 Å². The Balaban J connectivity index is 1.95. The van der Waals surface area contributed by atoms with Crippen LogP contribution in [0.3, 0.4) is 0 Å². The quantitative estimate of drug-likeness (QED) is 0.530. The Labute approximate surface area is 170 Å². The molecule has 1 saturated carbocycles. The van der Waals surface area contributed by atoms with Gasteiger partial charge in [-0.2, -0.15) is 0 Å². The fourth-order valence-electron chi connectivity index (χ4n) is 3.73. The number of ether oxygens (including phenoxy) is 1. The molecule has 0 radical (unpaired) electrons. The number of esters is 1. The van der Waals surface area contributed by atoms with Crippen LogP contribution in [-0.2, 0) is 23.1 Å². The second-order valence-electron chi connectivity index (χ2n) is 7.62. The molecule has 1 aliphatic rings. The molecule has 7 nitrogen and oxygen atoms in total. The van der Waals surface area contributed by atoms with Gasteiger partial charge in [0.2, 0.25) is 5.91 Å². The number of Topliss-reactive ketones (excluding diaryl/α,β-unsaturated/α-hetero) is 1. The van der Waals surface area contributed by atoms with Crippen LogP contribution in [0.2, 0.25) is 0 Å². The van der Waals surface area contributed by atoms with Crippen LogP contribution in [0.25, 0.3) is 0 Å². The highest BCUT2D eigenvalue weighted by Gasteiger charge is 2.38. The summed E-state index contributed by atoms with van der Waals surface area (Å²) in [5.41, 5.74) is 3.02. The first-order chi connectivity index (χ1) is 13.8. The molecule has 2 aromatic heterocycles. The van der Waals surface area contributed by atoms with Gasteiger partial charge in [0.15, 0.2) is 5.78 Å². The molecule has 0 N–H and O–H groups in total. The predicted octanol–water partition coefficient (Wildman–Crippen LogP) is 2.83. The van der Waals surface area contributed by atoms with Crippen LogP contribution in [-0.4, -0.2) is 45.3 Å². The lowest BCUT2D eigenvalue weighted by Crippen LogP contribution is -2.43. The van der Waals surface area contributed by atoms with Crippen molar-refractivity contribution in [3.63, 3.8) is 0 Å². The number of hydrogen-bond acceptors (Lipinski definition) is 5. The Morgan fingerprint density at radius 3 is 2.41 bits per heavy atom. The van der Waals surface area contributed by atoms with Gasteiger partial charge in [0.25, 0.3) is 0 Å². The molecule has 1 fully saturated rings. The molecule has 7 heteroatoms. The van der Waals surface area contributed by atoms with Crippen molar-refractivity contribution >= 4 is 17.7 Å². The SMILES string of the molecule is COC(=O)c1c(C)c(C(=O)[C@H](C)N(Cc2ccncc2)C(=O)C2CC2)c(C)n1C. The van der Waals surface area contributed by atoms with Gasteiger partial charge in [-0.15, -0.1) is 0 Å². The van der Waals surface area contributed by atoms with E-state index in [1.807, 2.05) is 12.1 Å². The van der Waals surface area contributed by atoms with E-state index in [9.17, 15) is 14.4 Å². The fourth-order valence-corrected chi connectivity index (χ4v) is 3.73. The summed E-state index contributed by atoms with van der Waals surface area (Å²) < 4.78 is 6.55. The van der Waals surface area contributed by atoms with Crippen molar-refractivity contribution in [2.75, 3.05) is 7.11 Å². The Morgan fingerprint density at radius 1 is 1.24 bits per heavy atom. The number of carbonyl (C=O) groups excluding carboxylic acids is 3. The number of nitrogens with zero attached hydrogens (tertiary/aromatic N) is 3. The molecule has 0 unspecified atom stereocenters. The van der Waals surface area contributed by atoms with Crippen LogP contribution in [0.5, 0.6) is 0 Å². The summed E-state index contributed by atoms with van der Waals surface area (Å²) in [6, 6.07) is 3.04. The number of methoxy groups -OCH3 is 1. The van der Waals surface area contributed by atoms with E-state index in [1.165, 1.54) is 7.11 Å². The van der Waals surface area contributed by atoms with Gasteiger partial charge < -0.3 is 14.2 Å². The number of ketones is 1. The van der Waals surface area contributed by atoms with Gasteiger partial charge in [0.05, 0.1) is 13.2 Å². The summed E-state index contributed by atoms with van der Waals surface area (Å²) in [5.74, 6) is -0.658. The van der Waals surface area contributed by atoms with E-state index < -0.39 is 12.0 Å². The Bertz CT molecular complexity index is 945. The minimum atomic E-state index is -0.651. The fraction of sp³-hybridized carbons (Fsp3) is 0.455. The predicted molar refractivity (Wildman–Crippen MR) is 108 cm³/mol. The lowest BCUT2D eigenvalue weighted by molar-refractivity contribution is -0.134. The van der Waals surface area contributed by atoms with E-state index >= 15 is 0 Å². The Hall–Kier alpha value is -2.96. The van der Waals surface area contributed by atoms with Gasteiger partial charge >= 0.3 is 5.97 Å². The average Bonchev–Trinajstić information content (AvgIpc) is 3.53. The molecular formula is C22H27N3O4. The van der Waals surface area contributed by atoms with Crippen LogP contribution in [0, 0.1) is 19.8 Å². The second kappa shape index (κ2) is 8.19. The van der Waals surface area contributed by atoms with E-state index in [2.05, 4.69) is 4.98 Å². The second-order valence-corrected chi connectivity index (χ2v) is 7.62. The van der Waals surface area contributed by atoms with Crippen LogP contribution in [0.15, 0.2) is 24.5 Å². The third kappa shape index (κ3) is 3.95. The molecule has 29 heavy (non-hydrogen) atoms. The highest BCUT2D eigenvalue weighted by molar-refractivity contribution is 6.06. The van der Waals surface area contributed by atoms with E-state index in [0.29, 0.717) is 29.1 Å². The summed E-state index contributed by atoms with van der Waals surface area (Å²) >= 11 is 0. The summed E-state index contributed by atoms with van der Waals surface area (Å²) in [6.07, 6.45) is 5.08. The molecule has 3 rings (SSSR count). The Kier molecular flexibility index (Phi) is 5.86. The van der Waals surface area contributed by atoms with Crippen molar-refractivity contribution in [3.05, 3.63) is 52.6 Å². The smallest absolute Gasteiger partial charge is 0.354 e. The molecule has 1 aliphatic carbocycles. The molecule has 0 aliphatic heterocycles. The van der Waals surface area contributed by atoms with Crippen LogP contribution in [0.1, 0.15) is 57.4 Å². The number of aromatic nitrogens is 2. The zero-order valence-corrected chi connectivity index (χ0v) is 17.6. The third-order valence-electron chi connectivity index (χ3n) is 5.71. The molecule has 1 atom stereocenters. The largest absolute Gasteiger partial charge is 0.464 e. The first-order valence-electron chi connectivity index (χ1n) is 9.75. The topological polar surface area (TPSA) is 81.5 Å². The van der Waals surface area contributed by atoms with Gasteiger partial charge in [-0.1, -0.05) is 0 Å². The Morgan fingerprint density at radius 2 is 1.86 bits per heavy atom. The molecule has 2 aromatic rings. The summed E-state index contributed by atoms with van der Waals surface area (Å²) in [4.78, 5) is 44.3. The van der Waals surface area contributed by atoms with Gasteiger partial charge in [0, 0.05) is 43.2 Å². The highest BCUT2D eigenvalue weighted by atomic mass is 16.5. The molecule has 0 bridgehead atoms. The van der Waals surface area contributed by atoms with Gasteiger partial charge in [0.1, 0.15) is 5.69 Å². The number of pyridine rings is 1. The van der Waals surface area contributed by atoms with E-state index in [0.717, 1.165) is 18.4 Å². The van der Waals surface area contributed by atoms with Crippen molar-refractivity contribution in [3.8, 4) is 0 Å². The first kappa shape index (κ1) is 20.8. The zero-order chi connectivity index (χ0) is 21.3. The molecule has 2 heterocycles. The van der Waals surface area contributed by atoms with E-state index in [4.69, 9.17) is 4.74 Å². The standard InChI is InChI=1S/C22H27N3O4/c1-13-18(14(2)24(4)19(13)22(28)29-5)20(26)15(3)25(21(27)17-6-7-17)12-16-8-10-23-11-9-16/h8-11,15,17H,6-7,12H2,1-5H3/t15-/m0/s1. The summed E-state index contributed by atoms with van der Waals surface area (Å²) in [5, 5.41) is 0. The third-order valence-corrected chi connectivity index (χ3v) is 5.71.